The van der Waals surface area contributed by atoms with Crippen molar-refractivity contribution in [3.05, 3.63) is 47.0 Å². The second kappa shape index (κ2) is 6.23. The minimum atomic E-state index is 0.0228. The maximum absolute atomic E-state index is 10.5. The zero-order valence-electron chi connectivity index (χ0n) is 13.0. The summed E-state index contributed by atoms with van der Waals surface area (Å²) in [6.07, 6.45) is 1.81. The van der Waals surface area contributed by atoms with E-state index in [0.717, 1.165) is 41.3 Å². The zero-order chi connectivity index (χ0) is 15.7. The van der Waals surface area contributed by atoms with Crippen LogP contribution in [0.4, 0.5) is 0 Å². The molecule has 1 aliphatic rings. The lowest BCUT2D eigenvalue weighted by Gasteiger charge is -2.18. The molecule has 116 valence electrons. The fourth-order valence-electron chi connectivity index (χ4n) is 2.97. The lowest BCUT2D eigenvalue weighted by Crippen LogP contribution is -2.20. The number of hydrogen-bond donors (Lipinski definition) is 2. The summed E-state index contributed by atoms with van der Waals surface area (Å²) in [7, 11) is 2.12. The van der Waals surface area contributed by atoms with Crippen LogP contribution in [0.15, 0.2) is 40.1 Å². The van der Waals surface area contributed by atoms with Gasteiger partial charge in [-0.2, -0.15) is 0 Å². The smallest absolute Gasteiger partial charge is 0.172 e. The van der Waals surface area contributed by atoms with E-state index in [1.807, 2.05) is 37.3 Å². The van der Waals surface area contributed by atoms with Gasteiger partial charge in [0.1, 0.15) is 0 Å². The number of phenolic OH excluding ortho intramolecular Hbond substituents is 2. The van der Waals surface area contributed by atoms with Crippen molar-refractivity contribution in [2.24, 2.45) is 0 Å². The van der Waals surface area contributed by atoms with E-state index in [-0.39, 0.29) is 11.5 Å². The predicted molar refractivity (Wildman–Crippen MR) is 90.0 cm³/mol. The van der Waals surface area contributed by atoms with E-state index in [1.54, 1.807) is 0 Å². The van der Waals surface area contributed by atoms with Gasteiger partial charge in [0, 0.05) is 18.0 Å². The number of rotatable bonds is 2. The van der Waals surface area contributed by atoms with Crippen molar-refractivity contribution >= 4 is 11.8 Å². The molecule has 3 rings (SSSR count). The highest BCUT2D eigenvalue weighted by molar-refractivity contribution is 7.99. The van der Waals surface area contributed by atoms with Gasteiger partial charge < -0.3 is 15.1 Å². The van der Waals surface area contributed by atoms with E-state index >= 15 is 0 Å². The molecule has 0 bridgehead atoms. The van der Waals surface area contributed by atoms with Crippen LogP contribution < -0.4 is 0 Å². The molecule has 22 heavy (non-hydrogen) atoms. The van der Waals surface area contributed by atoms with Crippen LogP contribution in [0.1, 0.15) is 16.7 Å². The van der Waals surface area contributed by atoms with Gasteiger partial charge in [-0.15, -0.1) is 0 Å². The average molecular weight is 315 g/mol. The molecule has 0 radical (unpaired) electrons. The lowest BCUT2D eigenvalue weighted by atomic mass is 9.96. The maximum atomic E-state index is 10.5. The summed E-state index contributed by atoms with van der Waals surface area (Å²) in [4.78, 5) is 4.17. The first-order valence-corrected chi connectivity index (χ1v) is 8.37. The highest BCUT2D eigenvalue weighted by Crippen LogP contribution is 2.46. The van der Waals surface area contributed by atoms with E-state index < -0.39 is 0 Å². The van der Waals surface area contributed by atoms with E-state index in [4.69, 9.17) is 0 Å². The average Bonchev–Trinajstić information content (AvgIpc) is 2.73. The van der Waals surface area contributed by atoms with Crippen LogP contribution in [0.2, 0.25) is 0 Å². The number of benzene rings is 2. The Morgan fingerprint density at radius 1 is 0.955 bits per heavy atom. The van der Waals surface area contributed by atoms with Gasteiger partial charge in [0.15, 0.2) is 11.5 Å². The molecule has 2 N–H and O–H groups in total. The van der Waals surface area contributed by atoms with Crippen LogP contribution in [0, 0.1) is 6.92 Å². The molecule has 0 unspecified atom stereocenters. The van der Waals surface area contributed by atoms with Crippen LogP contribution in [0.25, 0.3) is 0 Å². The molecule has 0 saturated heterocycles. The molecule has 0 amide bonds. The summed E-state index contributed by atoms with van der Waals surface area (Å²) in [6, 6.07) is 10.00. The summed E-state index contributed by atoms with van der Waals surface area (Å²) in [5, 5.41) is 20.8. The van der Waals surface area contributed by atoms with Gasteiger partial charge in [-0.25, -0.2) is 0 Å². The van der Waals surface area contributed by atoms with E-state index in [0.29, 0.717) is 0 Å². The van der Waals surface area contributed by atoms with Crippen molar-refractivity contribution < 1.29 is 10.2 Å². The number of phenols is 2. The third kappa shape index (κ3) is 2.81. The van der Waals surface area contributed by atoms with Gasteiger partial charge in [-0.3, -0.25) is 0 Å². The fraction of sp³-hybridized carbons (Fsp3) is 0.333. The molecule has 0 fully saturated rings. The van der Waals surface area contributed by atoms with Crippen LogP contribution in [0.3, 0.4) is 0 Å². The van der Waals surface area contributed by atoms with E-state index in [2.05, 4.69) is 11.9 Å². The normalized spacial score (nSPS) is 15.4. The summed E-state index contributed by atoms with van der Waals surface area (Å²) in [6.45, 7) is 3.85. The molecular formula is C18H21NO2S. The van der Waals surface area contributed by atoms with Crippen molar-refractivity contribution in [2.45, 2.75) is 29.6 Å². The lowest BCUT2D eigenvalue weighted by molar-refractivity contribution is 0.352. The Morgan fingerprint density at radius 3 is 2.27 bits per heavy atom. The van der Waals surface area contributed by atoms with Gasteiger partial charge in [-0.1, -0.05) is 30.0 Å². The monoisotopic (exact) mass is 315 g/mol. The van der Waals surface area contributed by atoms with Crippen molar-refractivity contribution in [3.8, 4) is 11.5 Å². The minimum Gasteiger partial charge on any atom is -0.504 e. The van der Waals surface area contributed by atoms with Crippen LogP contribution >= 0.6 is 11.8 Å². The number of nitrogens with zero attached hydrogens (tertiary/aromatic N) is 1. The largest absolute Gasteiger partial charge is 0.504 e. The maximum Gasteiger partial charge on any atom is 0.172 e. The first-order valence-electron chi connectivity index (χ1n) is 7.55. The first kappa shape index (κ1) is 15.3. The standard InChI is InChI=1S/C18H21NO2S/c1-12-14-8-10-19(2)11-9-15(14)18(17(21)16(12)20)22-13-6-4-3-5-7-13/h3-7,20-21H,8-11H2,1-2H3. The summed E-state index contributed by atoms with van der Waals surface area (Å²) < 4.78 is 0. The molecule has 0 saturated carbocycles. The molecule has 1 aliphatic heterocycles. The summed E-state index contributed by atoms with van der Waals surface area (Å²) >= 11 is 1.53. The van der Waals surface area contributed by atoms with Gasteiger partial charge in [0.25, 0.3) is 0 Å². The van der Waals surface area contributed by atoms with Gasteiger partial charge >= 0.3 is 0 Å². The van der Waals surface area contributed by atoms with Gasteiger partial charge in [0.05, 0.1) is 4.90 Å². The molecular weight excluding hydrogens is 294 g/mol. The Labute approximate surface area is 135 Å². The van der Waals surface area contributed by atoms with E-state index in [1.165, 1.54) is 22.9 Å². The summed E-state index contributed by atoms with van der Waals surface area (Å²) in [5.41, 5.74) is 3.20. The Hall–Kier alpha value is -1.65. The van der Waals surface area contributed by atoms with E-state index in [9.17, 15) is 10.2 Å². The second-order valence-corrected chi connectivity index (χ2v) is 6.91. The molecule has 0 aromatic heterocycles. The SMILES string of the molecule is Cc1c(O)c(O)c(Sc2ccccc2)c2c1CCN(C)CC2. The molecule has 0 aliphatic carbocycles. The molecule has 2 aromatic carbocycles. The van der Waals surface area contributed by atoms with Crippen molar-refractivity contribution in [3.63, 3.8) is 0 Å². The van der Waals surface area contributed by atoms with Crippen LogP contribution in [-0.2, 0) is 12.8 Å². The third-order valence-electron chi connectivity index (χ3n) is 4.34. The predicted octanol–water partition coefficient (Wildman–Crippen LogP) is 3.59. The molecule has 0 spiro atoms. The van der Waals surface area contributed by atoms with Crippen LogP contribution in [0.5, 0.6) is 11.5 Å². The Bertz CT molecular complexity index is 685. The second-order valence-electron chi connectivity index (χ2n) is 5.83. The van der Waals surface area contributed by atoms with Gasteiger partial charge in [0.2, 0.25) is 0 Å². The number of aromatic hydroxyl groups is 2. The number of hydrogen-bond acceptors (Lipinski definition) is 4. The molecule has 1 heterocycles. The summed E-state index contributed by atoms with van der Waals surface area (Å²) in [5.74, 6) is 0.0522. The Balaban J connectivity index is 2.11. The Kier molecular flexibility index (Phi) is 4.32. The van der Waals surface area contributed by atoms with Crippen molar-refractivity contribution in [2.75, 3.05) is 20.1 Å². The Morgan fingerprint density at radius 2 is 1.59 bits per heavy atom. The molecule has 2 aromatic rings. The fourth-order valence-corrected chi connectivity index (χ4v) is 4.04. The highest BCUT2D eigenvalue weighted by atomic mass is 32.2. The minimum absolute atomic E-state index is 0.0228. The topological polar surface area (TPSA) is 43.7 Å². The van der Waals surface area contributed by atoms with Crippen molar-refractivity contribution in [1.29, 1.82) is 0 Å². The molecule has 0 atom stereocenters. The number of likely N-dealkylation sites (N-methyl/N-ethyl adjacent to an activating group) is 1. The quantitative estimate of drug-likeness (QED) is 0.831. The van der Waals surface area contributed by atoms with Gasteiger partial charge in [-0.05, 0) is 55.6 Å². The molecule has 4 heteroatoms. The third-order valence-corrected chi connectivity index (χ3v) is 5.49. The first-order chi connectivity index (χ1) is 10.6. The highest BCUT2D eigenvalue weighted by Gasteiger charge is 2.24. The molecule has 3 nitrogen and oxygen atoms in total. The number of fused-ring (bicyclic) bond motifs is 1. The van der Waals surface area contributed by atoms with Crippen LogP contribution in [-0.4, -0.2) is 35.3 Å². The zero-order valence-corrected chi connectivity index (χ0v) is 13.8. The van der Waals surface area contributed by atoms with Crippen molar-refractivity contribution in [1.82, 2.24) is 4.90 Å².